The number of nitrogens with two attached hydrogens (primary N) is 1. The van der Waals surface area contributed by atoms with Crippen LogP contribution in [0.2, 0.25) is 0 Å². The molecule has 9 heteroatoms. The van der Waals surface area contributed by atoms with Crippen molar-refractivity contribution in [1.29, 1.82) is 5.26 Å². The number of anilines is 2. The molecule has 0 aliphatic heterocycles. The van der Waals surface area contributed by atoms with E-state index in [1.165, 1.54) is 4.68 Å². The summed E-state index contributed by atoms with van der Waals surface area (Å²) in [7, 11) is 0. The minimum Gasteiger partial charge on any atom is -0.487 e. The Bertz CT molecular complexity index is 1490. The summed E-state index contributed by atoms with van der Waals surface area (Å²) >= 11 is 0. The summed E-state index contributed by atoms with van der Waals surface area (Å²) < 4.78 is 9.29. The van der Waals surface area contributed by atoms with Crippen LogP contribution < -0.4 is 15.8 Å². The maximum Gasteiger partial charge on any atom is 0.255 e. The Morgan fingerprint density at radius 1 is 1.09 bits per heavy atom. The highest BCUT2D eigenvalue weighted by atomic mass is 16.5. The summed E-state index contributed by atoms with van der Waals surface area (Å²) in [5, 5.41) is 16.0. The number of nitrogen functional groups attached to an aromatic ring is 1. The largest absolute Gasteiger partial charge is 0.487 e. The predicted octanol–water partition coefficient (Wildman–Crippen LogP) is 3.81. The zero-order valence-corrected chi connectivity index (χ0v) is 17.9. The number of hydrogen-bond donors (Lipinski definition) is 2. The van der Waals surface area contributed by atoms with E-state index >= 15 is 0 Å². The van der Waals surface area contributed by atoms with E-state index in [1.54, 1.807) is 54.7 Å². The molecule has 0 aliphatic carbocycles. The van der Waals surface area contributed by atoms with Gasteiger partial charge in [0.25, 0.3) is 5.91 Å². The Kier molecular flexibility index (Phi) is 5.38. The van der Waals surface area contributed by atoms with Gasteiger partial charge in [-0.1, -0.05) is 12.1 Å². The summed E-state index contributed by atoms with van der Waals surface area (Å²) in [5.41, 5.74) is 9.46. The van der Waals surface area contributed by atoms with Crippen LogP contribution in [0.1, 0.15) is 21.6 Å². The van der Waals surface area contributed by atoms with Gasteiger partial charge in [-0.05, 0) is 54.6 Å². The van der Waals surface area contributed by atoms with Crippen LogP contribution in [0.5, 0.6) is 5.75 Å². The van der Waals surface area contributed by atoms with E-state index in [-0.39, 0.29) is 11.7 Å². The van der Waals surface area contributed by atoms with Gasteiger partial charge in [0.15, 0.2) is 5.82 Å². The van der Waals surface area contributed by atoms with Crippen molar-refractivity contribution in [1.82, 2.24) is 19.2 Å². The first-order valence-electron chi connectivity index (χ1n) is 10.4. The van der Waals surface area contributed by atoms with Crippen molar-refractivity contribution in [3.05, 3.63) is 102 Å². The Morgan fingerprint density at radius 3 is 2.71 bits per heavy atom. The highest BCUT2D eigenvalue weighted by Gasteiger charge is 2.10. The lowest BCUT2D eigenvalue weighted by Crippen LogP contribution is -2.12. The molecule has 0 atom stereocenters. The molecule has 3 N–H and O–H groups in total. The third-order valence-corrected chi connectivity index (χ3v) is 5.15. The van der Waals surface area contributed by atoms with E-state index in [2.05, 4.69) is 15.4 Å². The number of carbonyl (C=O) groups excluding carboxylic acids is 1. The lowest BCUT2D eigenvalue weighted by molar-refractivity contribution is 0.102. The first kappa shape index (κ1) is 20.8. The second kappa shape index (κ2) is 8.80. The smallest absolute Gasteiger partial charge is 0.255 e. The van der Waals surface area contributed by atoms with Crippen LogP contribution in [0.4, 0.5) is 11.5 Å². The number of nitriles is 1. The number of aromatic nitrogens is 4. The van der Waals surface area contributed by atoms with Gasteiger partial charge in [-0.25, -0.2) is 9.67 Å². The average molecular weight is 449 g/mol. The van der Waals surface area contributed by atoms with E-state index in [0.717, 1.165) is 11.3 Å². The molecule has 2 aromatic carbocycles. The molecule has 5 rings (SSSR count). The molecule has 34 heavy (non-hydrogen) atoms. The highest BCUT2D eigenvalue weighted by Crippen LogP contribution is 2.19. The topological polar surface area (TPSA) is 123 Å². The van der Waals surface area contributed by atoms with E-state index in [9.17, 15) is 4.79 Å². The second-order valence-electron chi connectivity index (χ2n) is 7.50. The molecule has 0 aliphatic rings. The lowest BCUT2D eigenvalue weighted by Gasteiger charge is -2.09. The van der Waals surface area contributed by atoms with E-state index < -0.39 is 0 Å². The zero-order valence-electron chi connectivity index (χ0n) is 17.9. The van der Waals surface area contributed by atoms with Gasteiger partial charge in [-0.3, -0.25) is 4.79 Å². The number of ether oxygens (including phenoxy) is 1. The third kappa shape index (κ3) is 4.28. The molecule has 3 aromatic heterocycles. The summed E-state index contributed by atoms with van der Waals surface area (Å²) in [6.07, 6.45) is 5.40. The molecule has 0 saturated heterocycles. The molecule has 9 nitrogen and oxygen atoms in total. The zero-order chi connectivity index (χ0) is 23.5. The van der Waals surface area contributed by atoms with Gasteiger partial charge in [0, 0.05) is 23.6 Å². The van der Waals surface area contributed by atoms with E-state index in [4.69, 9.17) is 15.7 Å². The quantitative estimate of drug-likeness (QED) is 0.406. The number of benzene rings is 2. The van der Waals surface area contributed by atoms with Crippen molar-refractivity contribution in [2.24, 2.45) is 0 Å². The van der Waals surface area contributed by atoms with Crippen molar-refractivity contribution < 1.29 is 9.53 Å². The highest BCUT2D eigenvalue weighted by molar-refractivity contribution is 6.04. The summed E-state index contributed by atoms with van der Waals surface area (Å²) in [6.45, 7) is 0.291. The number of rotatable bonds is 6. The number of hydrogen-bond acceptors (Lipinski definition) is 6. The van der Waals surface area contributed by atoms with Crippen LogP contribution in [0, 0.1) is 11.3 Å². The minimum atomic E-state index is -0.263. The van der Waals surface area contributed by atoms with Crippen molar-refractivity contribution in [3.63, 3.8) is 0 Å². The summed E-state index contributed by atoms with van der Waals surface area (Å²) in [4.78, 5) is 17.3. The van der Waals surface area contributed by atoms with Gasteiger partial charge in [0.1, 0.15) is 29.6 Å². The third-order valence-electron chi connectivity index (χ3n) is 5.15. The first-order chi connectivity index (χ1) is 16.6. The molecular formula is C25H19N7O2. The van der Waals surface area contributed by atoms with Crippen LogP contribution in [-0.4, -0.2) is 25.1 Å². The molecule has 0 bridgehead atoms. The Labute approximate surface area is 194 Å². The van der Waals surface area contributed by atoms with Crippen molar-refractivity contribution in [2.75, 3.05) is 11.1 Å². The van der Waals surface area contributed by atoms with Gasteiger partial charge in [-0.15, -0.1) is 5.10 Å². The van der Waals surface area contributed by atoms with Crippen molar-refractivity contribution >= 4 is 23.1 Å². The van der Waals surface area contributed by atoms with Crippen LogP contribution in [0.15, 0.2) is 85.3 Å². The van der Waals surface area contributed by atoms with Gasteiger partial charge in [-0.2, -0.15) is 5.26 Å². The van der Waals surface area contributed by atoms with Gasteiger partial charge in [0.2, 0.25) is 0 Å². The number of nitrogens with one attached hydrogen (secondary N) is 1. The standard InChI is InChI=1S/C25H19N7O2/c26-13-18-14-32(30-24(18)27)21-9-7-19(8-10-21)29-25(33)17-4-3-5-22(12-17)34-16-20-15-31-11-2-1-6-23(31)28-20/h1-12,14-15H,16H2,(H2,27,30)(H,29,33). The Hall–Kier alpha value is -5.10. The SMILES string of the molecule is N#Cc1cn(-c2ccc(NC(=O)c3cccc(OCc4cn5ccccc5n4)c3)cc2)nc1N. The molecule has 5 aromatic rings. The maximum atomic E-state index is 12.7. The molecule has 0 fully saturated rings. The van der Waals surface area contributed by atoms with E-state index in [1.807, 2.05) is 41.1 Å². The molecule has 0 spiro atoms. The maximum absolute atomic E-state index is 12.7. The molecule has 166 valence electrons. The van der Waals surface area contributed by atoms with Crippen LogP contribution >= 0.6 is 0 Å². The number of carbonyl (C=O) groups is 1. The molecule has 0 saturated carbocycles. The fourth-order valence-electron chi connectivity index (χ4n) is 3.45. The van der Waals surface area contributed by atoms with Crippen LogP contribution in [0.3, 0.4) is 0 Å². The molecule has 0 radical (unpaired) electrons. The Balaban J connectivity index is 1.24. The normalized spacial score (nSPS) is 10.7. The number of pyridine rings is 1. The average Bonchev–Trinajstić information content (AvgIpc) is 3.46. The fourth-order valence-corrected chi connectivity index (χ4v) is 3.45. The first-order valence-corrected chi connectivity index (χ1v) is 10.4. The molecule has 1 amide bonds. The predicted molar refractivity (Wildman–Crippen MR) is 127 cm³/mol. The van der Waals surface area contributed by atoms with Gasteiger partial charge >= 0.3 is 0 Å². The lowest BCUT2D eigenvalue weighted by atomic mass is 10.2. The van der Waals surface area contributed by atoms with Crippen molar-refractivity contribution in [2.45, 2.75) is 6.61 Å². The molecule has 0 unspecified atom stereocenters. The van der Waals surface area contributed by atoms with E-state index in [0.29, 0.717) is 34.9 Å². The Morgan fingerprint density at radius 2 is 1.94 bits per heavy atom. The monoisotopic (exact) mass is 449 g/mol. The fraction of sp³-hybridized carbons (Fsp3) is 0.0400. The number of imidazole rings is 1. The minimum absolute atomic E-state index is 0.170. The van der Waals surface area contributed by atoms with Crippen LogP contribution in [-0.2, 0) is 6.61 Å². The summed E-state index contributed by atoms with van der Waals surface area (Å²) in [5.74, 6) is 0.480. The van der Waals surface area contributed by atoms with Gasteiger partial charge in [0.05, 0.1) is 17.6 Å². The number of amides is 1. The molecule has 3 heterocycles. The number of nitrogens with zero attached hydrogens (tertiary/aromatic N) is 5. The number of fused-ring (bicyclic) bond motifs is 1. The second-order valence-corrected chi connectivity index (χ2v) is 7.50. The molecular weight excluding hydrogens is 430 g/mol. The van der Waals surface area contributed by atoms with Crippen LogP contribution in [0.25, 0.3) is 11.3 Å². The summed E-state index contributed by atoms with van der Waals surface area (Å²) in [6, 6.07) is 21.8. The van der Waals surface area contributed by atoms with Crippen molar-refractivity contribution in [3.8, 4) is 17.5 Å². The van der Waals surface area contributed by atoms with Gasteiger partial charge < -0.3 is 20.2 Å².